The van der Waals surface area contributed by atoms with E-state index in [2.05, 4.69) is 4.98 Å². The first kappa shape index (κ1) is 7.53. The van der Waals surface area contributed by atoms with Crippen molar-refractivity contribution in [1.82, 2.24) is 4.98 Å². The minimum atomic E-state index is -1.05. The van der Waals surface area contributed by atoms with Crippen molar-refractivity contribution in [2.24, 2.45) is 0 Å². The van der Waals surface area contributed by atoms with Gasteiger partial charge in [0.1, 0.15) is 5.69 Å². The number of rotatable bonds is 2. The van der Waals surface area contributed by atoms with E-state index in [-0.39, 0.29) is 5.69 Å². The van der Waals surface area contributed by atoms with Crippen molar-refractivity contribution in [2.75, 3.05) is 0 Å². The quantitative estimate of drug-likeness (QED) is 0.618. The summed E-state index contributed by atoms with van der Waals surface area (Å²) < 4.78 is 0. The van der Waals surface area contributed by atoms with Crippen molar-refractivity contribution >= 4 is 12.3 Å². The van der Waals surface area contributed by atoms with Gasteiger partial charge < -0.3 is 10.1 Å². The summed E-state index contributed by atoms with van der Waals surface area (Å²) in [5.41, 5.74) is 0.946. The molecule has 1 aromatic heterocycles. The largest absolute Gasteiger partial charge is 0.477 e. The number of hydrogen-bond donors (Lipinski definition) is 2. The van der Waals surface area contributed by atoms with Gasteiger partial charge in [-0.15, -0.1) is 0 Å². The summed E-state index contributed by atoms with van der Waals surface area (Å²) in [6, 6.07) is 0. The number of hydrogen-bond acceptors (Lipinski definition) is 2. The first-order valence-corrected chi connectivity index (χ1v) is 3.03. The molecule has 0 spiro atoms. The van der Waals surface area contributed by atoms with Crippen LogP contribution in [0.4, 0.5) is 0 Å². The van der Waals surface area contributed by atoms with E-state index in [0.717, 1.165) is 0 Å². The van der Waals surface area contributed by atoms with Gasteiger partial charge in [0.15, 0.2) is 6.29 Å². The number of aromatic amines is 1. The molecule has 4 nitrogen and oxygen atoms in total. The second kappa shape index (κ2) is 2.57. The van der Waals surface area contributed by atoms with Gasteiger partial charge in [0.25, 0.3) is 0 Å². The standard InChI is InChI=1S/C7H7NO3/c1-4-5(3-9)2-8-6(4)7(10)11/h2-3,8H,1H3,(H,10,11). The molecule has 2 N–H and O–H groups in total. The average Bonchev–Trinajstić information content (AvgIpc) is 2.30. The number of nitrogens with one attached hydrogen (secondary N) is 1. The lowest BCUT2D eigenvalue weighted by Crippen LogP contribution is -1.98. The lowest BCUT2D eigenvalue weighted by atomic mass is 10.2. The maximum absolute atomic E-state index is 10.4. The Morgan fingerprint density at radius 2 is 2.36 bits per heavy atom. The van der Waals surface area contributed by atoms with Gasteiger partial charge in [-0.25, -0.2) is 4.79 Å². The fourth-order valence-corrected chi connectivity index (χ4v) is 0.855. The fraction of sp³-hybridized carbons (Fsp3) is 0.143. The second-order valence-corrected chi connectivity index (χ2v) is 2.17. The first-order chi connectivity index (χ1) is 5.16. The van der Waals surface area contributed by atoms with Crippen LogP contribution >= 0.6 is 0 Å². The van der Waals surface area contributed by atoms with E-state index in [1.807, 2.05) is 0 Å². The molecular weight excluding hydrogens is 146 g/mol. The molecule has 0 aliphatic rings. The topological polar surface area (TPSA) is 70.2 Å². The van der Waals surface area contributed by atoms with E-state index in [9.17, 15) is 9.59 Å². The number of carbonyl (C=O) groups excluding carboxylic acids is 1. The monoisotopic (exact) mass is 153 g/mol. The van der Waals surface area contributed by atoms with Gasteiger partial charge in [0.05, 0.1) is 0 Å². The third kappa shape index (κ3) is 1.14. The molecule has 0 saturated carbocycles. The fourth-order valence-electron chi connectivity index (χ4n) is 0.855. The van der Waals surface area contributed by atoms with Crippen molar-refractivity contribution < 1.29 is 14.7 Å². The zero-order valence-electron chi connectivity index (χ0n) is 5.92. The van der Waals surface area contributed by atoms with Crippen LogP contribution < -0.4 is 0 Å². The summed E-state index contributed by atoms with van der Waals surface area (Å²) in [5.74, 6) is -1.05. The molecule has 1 rings (SSSR count). The van der Waals surface area contributed by atoms with Crippen LogP contribution in [-0.2, 0) is 0 Å². The summed E-state index contributed by atoms with van der Waals surface area (Å²) in [6.07, 6.45) is 2.00. The molecule has 0 aliphatic heterocycles. The molecule has 0 amide bonds. The van der Waals surface area contributed by atoms with E-state index in [1.165, 1.54) is 6.20 Å². The Labute approximate surface area is 62.9 Å². The Morgan fingerprint density at radius 1 is 1.73 bits per heavy atom. The number of H-pyrrole nitrogens is 1. The summed E-state index contributed by atoms with van der Waals surface area (Å²) >= 11 is 0. The van der Waals surface area contributed by atoms with E-state index >= 15 is 0 Å². The maximum Gasteiger partial charge on any atom is 0.352 e. The first-order valence-electron chi connectivity index (χ1n) is 3.03. The average molecular weight is 153 g/mol. The van der Waals surface area contributed by atoms with Crippen molar-refractivity contribution in [3.8, 4) is 0 Å². The predicted molar refractivity (Wildman–Crippen MR) is 37.9 cm³/mol. The number of carbonyl (C=O) groups is 2. The molecule has 4 heteroatoms. The second-order valence-electron chi connectivity index (χ2n) is 2.17. The molecule has 0 bridgehead atoms. The van der Waals surface area contributed by atoms with Gasteiger partial charge in [-0.2, -0.15) is 0 Å². The van der Waals surface area contributed by atoms with Gasteiger partial charge in [0, 0.05) is 11.8 Å². The van der Waals surface area contributed by atoms with Gasteiger partial charge in [-0.05, 0) is 12.5 Å². The molecule has 58 valence electrons. The van der Waals surface area contributed by atoms with Crippen molar-refractivity contribution in [3.63, 3.8) is 0 Å². The zero-order chi connectivity index (χ0) is 8.43. The maximum atomic E-state index is 10.4. The van der Waals surface area contributed by atoms with E-state index in [4.69, 9.17) is 5.11 Å². The Kier molecular flexibility index (Phi) is 1.76. The SMILES string of the molecule is Cc1c(C=O)c[nH]c1C(=O)O. The molecule has 0 radical (unpaired) electrons. The predicted octanol–water partition coefficient (Wildman–Crippen LogP) is 0.834. The Morgan fingerprint density at radius 3 is 2.64 bits per heavy atom. The summed E-state index contributed by atoms with van der Waals surface area (Å²) in [5, 5.41) is 8.53. The highest BCUT2D eigenvalue weighted by Crippen LogP contribution is 2.09. The number of carboxylic acid groups (broad SMARTS) is 1. The zero-order valence-corrected chi connectivity index (χ0v) is 5.92. The summed E-state index contributed by atoms with van der Waals surface area (Å²) in [4.78, 5) is 23.1. The number of carboxylic acids is 1. The molecule has 11 heavy (non-hydrogen) atoms. The molecule has 0 aliphatic carbocycles. The van der Waals surface area contributed by atoms with Gasteiger partial charge in [-0.1, -0.05) is 0 Å². The summed E-state index contributed by atoms with van der Waals surface area (Å²) in [6.45, 7) is 1.59. The number of aromatic nitrogens is 1. The van der Waals surface area contributed by atoms with Crippen molar-refractivity contribution in [1.29, 1.82) is 0 Å². The highest BCUT2D eigenvalue weighted by molar-refractivity contribution is 5.91. The van der Waals surface area contributed by atoms with Crippen LogP contribution in [-0.4, -0.2) is 22.3 Å². The van der Waals surface area contributed by atoms with Crippen LogP contribution in [0.2, 0.25) is 0 Å². The van der Waals surface area contributed by atoms with Crippen LogP contribution in [0.5, 0.6) is 0 Å². The molecule has 0 aromatic carbocycles. The molecule has 0 unspecified atom stereocenters. The molecule has 1 aromatic rings. The molecule has 0 saturated heterocycles. The van der Waals surface area contributed by atoms with Gasteiger partial charge in [-0.3, -0.25) is 4.79 Å². The smallest absolute Gasteiger partial charge is 0.352 e. The van der Waals surface area contributed by atoms with Crippen molar-refractivity contribution in [3.05, 3.63) is 23.0 Å². The third-order valence-corrected chi connectivity index (χ3v) is 1.52. The van der Waals surface area contributed by atoms with Gasteiger partial charge in [0.2, 0.25) is 0 Å². The minimum Gasteiger partial charge on any atom is -0.477 e. The van der Waals surface area contributed by atoms with E-state index in [0.29, 0.717) is 17.4 Å². The van der Waals surface area contributed by atoms with Crippen LogP contribution in [0.25, 0.3) is 0 Å². The van der Waals surface area contributed by atoms with Crippen LogP contribution in [0.1, 0.15) is 26.4 Å². The van der Waals surface area contributed by atoms with E-state index in [1.54, 1.807) is 6.92 Å². The van der Waals surface area contributed by atoms with Crippen LogP contribution in [0, 0.1) is 6.92 Å². The third-order valence-electron chi connectivity index (χ3n) is 1.52. The summed E-state index contributed by atoms with van der Waals surface area (Å²) in [7, 11) is 0. The Hall–Kier alpha value is -1.58. The van der Waals surface area contributed by atoms with Crippen LogP contribution in [0.15, 0.2) is 6.20 Å². The van der Waals surface area contributed by atoms with Crippen LogP contribution in [0.3, 0.4) is 0 Å². The lowest BCUT2D eigenvalue weighted by molar-refractivity contribution is 0.0690. The Balaban J connectivity index is 3.20. The van der Waals surface area contributed by atoms with Crippen molar-refractivity contribution in [2.45, 2.75) is 6.92 Å². The molecule has 1 heterocycles. The van der Waals surface area contributed by atoms with Gasteiger partial charge >= 0.3 is 5.97 Å². The normalized spacial score (nSPS) is 9.55. The molecular formula is C7H7NO3. The highest BCUT2D eigenvalue weighted by Gasteiger charge is 2.11. The number of aromatic carboxylic acids is 1. The molecule has 0 fully saturated rings. The van der Waals surface area contributed by atoms with E-state index < -0.39 is 5.97 Å². The Bertz CT molecular complexity index is 301. The highest BCUT2D eigenvalue weighted by atomic mass is 16.4. The number of aldehydes is 1. The molecule has 0 atom stereocenters. The lowest BCUT2D eigenvalue weighted by Gasteiger charge is -1.89. The minimum absolute atomic E-state index is 0.0760.